The van der Waals surface area contributed by atoms with Gasteiger partial charge < -0.3 is 9.14 Å². The van der Waals surface area contributed by atoms with Gasteiger partial charge >= 0.3 is 5.97 Å². The van der Waals surface area contributed by atoms with Gasteiger partial charge in [-0.25, -0.2) is 4.79 Å². The molecule has 3 aromatic carbocycles. The van der Waals surface area contributed by atoms with E-state index in [-0.39, 0.29) is 5.97 Å². The third-order valence-corrected chi connectivity index (χ3v) is 5.49. The Bertz CT molecular complexity index is 1400. The zero-order chi connectivity index (χ0) is 20.0. The molecule has 0 N–H and O–H groups in total. The van der Waals surface area contributed by atoms with Crippen LogP contribution in [0.25, 0.3) is 38.3 Å². The molecule has 0 saturated heterocycles. The fourth-order valence-corrected chi connectivity index (χ4v) is 4.27. The van der Waals surface area contributed by atoms with E-state index in [2.05, 4.69) is 28.8 Å². The molecule has 0 saturated carbocycles. The van der Waals surface area contributed by atoms with Crippen LogP contribution in [0.3, 0.4) is 0 Å². The van der Waals surface area contributed by atoms with Crippen molar-refractivity contribution >= 4 is 44.8 Å². The SMILES string of the molecule is CCOC(=O)c1c2ccccc2n2cc(-c3cccc(Cl)c3)c3ccccc3c12. The van der Waals surface area contributed by atoms with Gasteiger partial charge in [0.05, 0.1) is 23.2 Å². The van der Waals surface area contributed by atoms with Gasteiger partial charge in [-0.1, -0.05) is 66.2 Å². The number of fused-ring (bicyclic) bond motifs is 5. The summed E-state index contributed by atoms with van der Waals surface area (Å²) >= 11 is 6.27. The van der Waals surface area contributed by atoms with Crippen LogP contribution < -0.4 is 0 Å². The maximum Gasteiger partial charge on any atom is 0.340 e. The first-order valence-corrected chi connectivity index (χ1v) is 9.94. The van der Waals surface area contributed by atoms with E-state index in [9.17, 15) is 4.79 Å². The summed E-state index contributed by atoms with van der Waals surface area (Å²) < 4.78 is 7.51. The zero-order valence-electron chi connectivity index (χ0n) is 15.9. The van der Waals surface area contributed by atoms with Gasteiger partial charge in [0, 0.05) is 27.6 Å². The summed E-state index contributed by atoms with van der Waals surface area (Å²) in [6, 6.07) is 23.9. The number of benzene rings is 3. The summed E-state index contributed by atoms with van der Waals surface area (Å²) in [6.07, 6.45) is 2.09. The Balaban J connectivity index is 1.99. The Labute approximate surface area is 173 Å². The maximum atomic E-state index is 12.9. The Morgan fingerprint density at radius 3 is 2.41 bits per heavy atom. The van der Waals surface area contributed by atoms with E-state index in [1.807, 2.05) is 61.5 Å². The lowest BCUT2D eigenvalue weighted by Gasteiger charge is -2.12. The molecule has 29 heavy (non-hydrogen) atoms. The highest BCUT2D eigenvalue weighted by Gasteiger charge is 2.22. The molecule has 2 heterocycles. The Kier molecular flexibility index (Phi) is 4.26. The van der Waals surface area contributed by atoms with E-state index >= 15 is 0 Å². The fraction of sp³-hybridized carbons (Fsp3) is 0.0800. The lowest BCUT2D eigenvalue weighted by molar-refractivity contribution is 0.0531. The molecule has 0 aliphatic heterocycles. The lowest BCUT2D eigenvalue weighted by Crippen LogP contribution is -2.05. The molecule has 0 unspecified atom stereocenters. The zero-order valence-corrected chi connectivity index (χ0v) is 16.6. The number of aromatic nitrogens is 1. The number of carbonyl (C=O) groups is 1. The first kappa shape index (κ1) is 17.8. The Morgan fingerprint density at radius 2 is 1.66 bits per heavy atom. The third kappa shape index (κ3) is 2.78. The van der Waals surface area contributed by atoms with Crippen LogP contribution in [0.5, 0.6) is 0 Å². The second-order valence-electron chi connectivity index (χ2n) is 6.93. The number of rotatable bonds is 3. The second-order valence-corrected chi connectivity index (χ2v) is 7.37. The van der Waals surface area contributed by atoms with Crippen LogP contribution in [0.1, 0.15) is 17.3 Å². The number of nitrogens with zero attached hydrogens (tertiary/aromatic N) is 1. The average Bonchev–Trinajstić information content (AvgIpc) is 3.08. The van der Waals surface area contributed by atoms with E-state index in [1.165, 1.54) is 0 Å². The number of hydrogen-bond acceptors (Lipinski definition) is 2. The predicted molar refractivity (Wildman–Crippen MR) is 119 cm³/mol. The molecule has 142 valence electrons. The molecule has 3 nitrogen and oxygen atoms in total. The molecule has 0 atom stereocenters. The number of pyridine rings is 1. The highest BCUT2D eigenvalue weighted by molar-refractivity contribution is 6.31. The Morgan fingerprint density at radius 1 is 0.931 bits per heavy atom. The molecule has 0 fully saturated rings. The van der Waals surface area contributed by atoms with Crippen LogP contribution in [0.15, 0.2) is 79.0 Å². The third-order valence-electron chi connectivity index (χ3n) is 5.26. The van der Waals surface area contributed by atoms with Crippen LogP contribution in [-0.2, 0) is 4.74 Å². The highest BCUT2D eigenvalue weighted by Crippen LogP contribution is 2.38. The molecule has 0 amide bonds. The van der Waals surface area contributed by atoms with Gasteiger partial charge in [-0.3, -0.25) is 0 Å². The summed E-state index contributed by atoms with van der Waals surface area (Å²) in [5.74, 6) is -0.299. The largest absolute Gasteiger partial charge is 0.462 e. The minimum Gasteiger partial charge on any atom is -0.462 e. The minimum atomic E-state index is -0.299. The van der Waals surface area contributed by atoms with Gasteiger partial charge in [0.2, 0.25) is 0 Å². The molecular formula is C25H18ClNO2. The van der Waals surface area contributed by atoms with E-state index in [1.54, 1.807) is 0 Å². The van der Waals surface area contributed by atoms with Gasteiger partial charge in [0.1, 0.15) is 0 Å². The second kappa shape index (κ2) is 6.94. The molecule has 4 heteroatoms. The number of halogens is 1. The number of carbonyl (C=O) groups excluding carboxylic acids is 1. The van der Waals surface area contributed by atoms with E-state index < -0.39 is 0 Å². The lowest BCUT2D eigenvalue weighted by atomic mass is 9.99. The van der Waals surface area contributed by atoms with Crippen molar-refractivity contribution in [3.8, 4) is 11.1 Å². The van der Waals surface area contributed by atoms with Crippen molar-refractivity contribution in [3.05, 3.63) is 89.6 Å². The molecule has 0 radical (unpaired) electrons. The van der Waals surface area contributed by atoms with Crippen molar-refractivity contribution < 1.29 is 9.53 Å². The first-order valence-electron chi connectivity index (χ1n) is 9.56. The van der Waals surface area contributed by atoms with Gasteiger partial charge in [-0.15, -0.1) is 0 Å². The molecule has 0 bridgehead atoms. The molecule has 0 spiro atoms. The van der Waals surface area contributed by atoms with Crippen LogP contribution in [-0.4, -0.2) is 17.0 Å². The highest BCUT2D eigenvalue weighted by atomic mass is 35.5. The van der Waals surface area contributed by atoms with E-state index in [0.29, 0.717) is 17.2 Å². The molecule has 2 aromatic heterocycles. The molecule has 0 aliphatic carbocycles. The van der Waals surface area contributed by atoms with Crippen LogP contribution >= 0.6 is 11.6 Å². The number of hydrogen-bond donors (Lipinski definition) is 0. The fourth-order valence-electron chi connectivity index (χ4n) is 4.08. The van der Waals surface area contributed by atoms with Crippen LogP contribution in [0, 0.1) is 0 Å². The monoisotopic (exact) mass is 399 g/mol. The topological polar surface area (TPSA) is 30.7 Å². The van der Waals surface area contributed by atoms with Crippen molar-refractivity contribution in [3.63, 3.8) is 0 Å². The van der Waals surface area contributed by atoms with Crippen molar-refractivity contribution in [1.29, 1.82) is 0 Å². The van der Waals surface area contributed by atoms with Gasteiger partial charge in [-0.05, 0) is 36.1 Å². The first-order chi connectivity index (χ1) is 14.2. The normalized spacial score (nSPS) is 11.4. The molecule has 5 rings (SSSR count). The summed E-state index contributed by atoms with van der Waals surface area (Å²) in [5, 5.41) is 3.65. The number of ether oxygens (including phenoxy) is 1. The van der Waals surface area contributed by atoms with Crippen molar-refractivity contribution in [2.75, 3.05) is 6.61 Å². The van der Waals surface area contributed by atoms with Crippen LogP contribution in [0.4, 0.5) is 0 Å². The number of para-hydroxylation sites is 1. The van der Waals surface area contributed by atoms with Crippen LogP contribution in [0.2, 0.25) is 5.02 Å². The molecule has 5 aromatic rings. The number of esters is 1. The maximum absolute atomic E-state index is 12.9. The van der Waals surface area contributed by atoms with Crippen molar-refractivity contribution in [1.82, 2.24) is 4.40 Å². The predicted octanol–water partition coefficient (Wildman–Crippen LogP) is 6.74. The van der Waals surface area contributed by atoms with Gasteiger partial charge in [0.25, 0.3) is 0 Å². The van der Waals surface area contributed by atoms with Crippen molar-refractivity contribution in [2.45, 2.75) is 6.92 Å². The quantitative estimate of drug-likeness (QED) is 0.314. The molecule has 0 aliphatic rings. The van der Waals surface area contributed by atoms with Gasteiger partial charge in [0.15, 0.2) is 0 Å². The average molecular weight is 400 g/mol. The Hall–Kier alpha value is -3.30. The van der Waals surface area contributed by atoms with E-state index in [4.69, 9.17) is 16.3 Å². The molecular weight excluding hydrogens is 382 g/mol. The summed E-state index contributed by atoms with van der Waals surface area (Å²) in [4.78, 5) is 12.9. The standard InChI is InChI=1S/C25H18ClNO2/c1-2-29-25(28)23-20-12-5-6-13-22(20)27-15-21(16-8-7-9-17(26)14-16)18-10-3-4-11-19(18)24(23)27/h3-15H,2H2,1H3. The van der Waals surface area contributed by atoms with Gasteiger partial charge in [-0.2, -0.15) is 0 Å². The summed E-state index contributed by atoms with van der Waals surface area (Å²) in [7, 11) is 0. The minimum absolute atomic E-state index is 0.299. The smallest absolute Gasteiger partial charge is 0.340 e. The van der Waals surface area contributed by atoms with Crippen molar-refractivity contribution in [2.24, 2.45) is 0 Å². The van der Waals surface area contributed by atoms with E-state index in [0.717, 1.165) is 38.3 Å². The summed E-state index contributed by atoms with van der Waals surface area (Å²) in [6.45, 7) is 2.16. The summed E-state index contributed by atoms with van der Waals surface area (Å²) in [5.41, 5.74) is 4.54.